The van der Waals surface area contributed by atoms with Crippen molar-refractivity contribution in [3.8, 4) is 17.2 Å². The summed E-state index contributed by atoms with van der Waals surface area (Å²) in [7, 11) is 0. The van der Waals surface area contributed by atoms with Crippen LogP contribution in [0, 0.1) is 0 Å². The molecule has 0 spiro atoms. The maximum absolute atomic E-state index is 13.0. The second-order valence-corrected chi connectivity index (χ2v) is 11.3. The van der Waals surface area contributed by atoms with E-state index in [0.29, 0.717) is 28.5 Å². The number of benzene rings is 6. The van der Waals surface area contributed by atoms with E-state index in [-0.39, 0.29) is 11.5 Å². The summed E-state index contributed by atoms with van der Waals surface area (Å²) in [5.41, 5.74) is 6.22. The van der Waals surface area contributed by atoms with Gasteiger partial charge in [-0.25, -0.2) is 0 Å². The third-order valence-electron chi connectivity index (χ3n) is 8.19. The van der Waals surface area contributed by atoms with Crippen LogP contribution in [0.25, 0.3) is 0 Å². The Morgan fingerprint density at radius 1 is 0.523 bits per heavy atom. The van der Waals surface area contributed by atoms with E-state index in [1.165, 1.54) is 5.56 Å². The molecule has 0 radical (unpaired) electrons. The second kappa shape index (κ2) is 12.4. The highest BCUT2D eigenvalue weighted by molar-refractivity contribution is 6.09. The average molecular weight is 575 g/mol. The topological polar surface area (TPSA) is 46.5 Å². The van der Waals surface area contributed by atoms with Gasteiger partial charge >= 0.3 is 0 Å². The molecule has 0 saturated carbocycles. The summed E-state index contributed by atoms with van der Waals surface area (Å²) in [5, 5.41) is 10.1. The van der Waals surface area contributed by atoms with E-state index < -0.39 is 5.41 Å². The Bertz CT molecular complexity index is 1780. The van der Waals surface area contributed by atoms with Crippen LogP contribution in [-0.4, -0.2) is 10.9 Å². The number of phenolic OH excluding ortho intramolecular Hbond substituents is 1. The Kier molecular flexibility index (Phi) is 8.12. The van der Waals surface area contributed by atoms with Crippen LogP contribution in [0.4, 0.5) is 0 Å². The Hall–Kier alpha value is -5.41. The van der Waals surface area contributed by atoms with E-state index in [1.54, 1.807) is 12.1 Å². The number of carbonyl (C=O) groups is 1. The molecular weight excluding hydrogens is 540 g/mol. The fourth-order valence-electron chi connectivity index (χ4n) is 5.86. The molecule has 0 aliphatic carbocycles. The molecule has 6 rings (SSSR count). The zero-order chi connectivity index (χ0) is 30.5. The standard InChI is InChI=1S/C41H34O3/c1-29(2)30-13-15-31(16-14-30)40(43)32-17-25-38(26-18-32)44-39-27-21-36(22-28-39)41(33-9-5-3-6-10-33,34-11-7-4-8-12-34)35-19-23-37(42)24-20-35/h3-29,42H,1-2H3. The van der Waals surface area contributed by atoms with E-state index >= 15 is 0 Å². The van der Waals surface area contributed by atoms with Gasteiger partial charge in [0.2, 0.25) is 0 Å². The normalized spacial score (nSPS) is 11.3. The van der Waals surface area contributed by atoms with Crippen molar-refractivity contribution < 1.29 is 14.6 Å². The maximum Gasteiger partial charge on any atom is 0.193 e. The minimum absolute atomic E-state index is 0.0106. The summed E-state index contributed by atoms with van der Waals surface area (Å²) in [5.74, 6) is 1.98. The molecule has 0 fully saturated rings. The van der Waals surface area contributed by atoms with Crippen molar-refractivity contribution in [1.82, 2.24) is 0 Å². The first-order chi connectivity index (χ1) is 21.4. The molecule has 6 aromatic carbocycles. The highest BCUT2D eigenvalue weighted by atomic mass is 16.5. The minimum atomic E-state index is -0.621. The van der Waals surface area contributed by atoms with Crippen LogP contribution >= 0.6 is 0 Å². The summed E-state index contributed by atoms with van der Waals surface area (Å²) >= 11 is 0. The van der Waals surface area contributed by atoms with Gasteiger partial charge in [0.05, 0.1) is 5.41 Å². The Labute approximate surface area is 259 Å². The third kappa shape index (κ3) is 5.65. The van der Waals surface area contributed by atoms with Gasteiger partial charge in [-0.2, -0.15) is 0 Å². The van der Waals surface area contributed by atoms with Crippen LogP contribution < -0.4 is 4.74 Å². The van der Waals surface area contributed by atoms with E-state index in [9.17, 15) is 9.90 Å². The molecule has 0 atom stereocenters. The maximum atomic E-state index is 13.0. The molecule has 0 bridgehead atoms. The minimum Gasteiger partial charge on any atom is -0.508 e. The van der Waals surface area contributed by atoms with Crippen LogP contribution in [0.2, 0.25) is 0 Å². The quantitative estimate of drug-likeness (QED) is 0.138. The van der Waals surface area contributed by atoms with Gasteiger partial charge in [0.25, 0.3) is 0 Å². The van der Waals surface area contributed by atoms with Crippen molar-refractivity contribution in [1.29, 1.82) is 0 Å². The number of ketones is 1. The van der Waals surface area contributed by atoms with Crippen molar-refractivity contribution in [3.63, 3.8) is 0 Å². The molecule has 0 aliphatic rings. The number of rotatable bonds is 9. The van der Waals surface area contributed by atoms with Gasteiger partial charge in [0, 0.05) is 11.1 Å². The molecular formula is C41H34O3. The Morgan fingerprint density at radius 3 is 1.36 bits per heavy atom. The fraction of sp³-hybridized carbons (Fsp3) is 0.0976. The average Bonchev–Trinajstić information content (AvgIpc) is 3.08. The van der Waals surface area contributed by atoms with Gasteiger partial charge < -0.3 is 9.84 Å². The lowest BCUT2D eigenvalue weighted by atomic mass is 9.65. The van der Waals surface area contributed by atoms with Crippen LogP contribution in [0.3, 0.4) is 0 Å². The van der Waals surface area contributed by atoms with Crippen LogP contribution in [0.15, 0.2) is 158 Å². The lowest BCUT2D eigenvalue weighted by Crippen LogP contribution is -2.30. The molecule has 216 valence electrons. The van der Waals surface area contributed by atoms with E-state index in [2.05, 4.69) is 74.5 Å². The summed E-state index contributed by atoms with van der Waals surface area (Å²) in [6.07, 6.45) is 0. The van der Waals surface area contributed by atoms with Crippen LogP contribution in [0.5, 0.6) is 17.2 Å². The van der Waals surface area contributed by atoms with Gasteiger partial charge in [-0.15, -0.1) is 0 Å². The number of hydrogen-bond acceptors (Lipinski definition) is 3. The van der Waals surface area contributed by atoms with Gasteiger partial charge in [-0.1, -0.05) is 123 Å². The SMILES string of the molecule is CC(C)c1ccc(C(=O)c2ccc(Oc3ccc(C(c4ccccc4)(c4ccccc4)c4ccc(O)cc4)cc3)cc2)cc1. The first kappa shape index (κ1) is 28.7. The summed E-state index contributed by atoms with van der Waals surface area (Å²) in [6, 6.07) is 51.6. The molecule has 0 amide bonds. The van der Waals surface area contributed by atoms with Gasteiger partial charge in [-0.3, -0.25) is 4.79 Å². The van der Waals surface area contributed by atoms with Crippen LogP contribution in [-0.2, 0) is 5.41 Å². The van der Waals surface area contributed by atoms with Crippen LogP contribution in [0.1, 0.15) is 63.5 Å². The molecule has 0 aliphatic heterocycles. The van der Waals surface area contributed by atoms with Crippen molar-refractivity contribution in [3.05, 3.63) is 197 Å². The number of aromatic hydroxyl groups is 1. The Morgan fingerprint density at radius 2 is 0.909 bits per heavy atom. The number of ether oxygens (including phenoxy) is 1. The molecule has 3 heteroatoms. The number of phenols is 1. The van der Waals surface area contributed by atoms with E-state index in [4.69, 9.17) is 4.74 Å². The predicted octanol–water partition coefficient (Wildman–Crippen LogP) is 9.92. The second-order valence-electron chi connectivity index (χ2n) is 11.3. The van der Waals surface area contributed by atoms with Crippen molar-refractivity contribution in [2.45, 2.75) is 25.2 Å². The van der Waals surface area contributed by atoms with Gasteiger partial charge in [0.1, 0.15) is 17.2 Å². The number of carbonyl (C=O) groups excluding carboxylic acids is 1. The van der Waals surface area contributed by atoms with E-state index in [1.807, 2.05) is 84.9 Å². The molecule has 0 heterocycles. The lowest BCUT2D eigenvalue weighted by Gasteiger charge is -2.37. The molecule has 3 nitrogen and oxygen atoms in total. The summed E-state index contributed by atoms with van der Waals surface area (Å²) in [4.78, 5) is 13.0. The summed E-state index contributed by atoms with van der Waals surface area (Å²) < 4.78 is 6.22. The van der Waals surface area contributed by atoms with Crippen molar-refractivity contribution in [2.24, 2.45) is 0 Å². The van der Waals surface area contributed by atoms with Gasteiger partial charge in [0.15, 0.2) is 5.78 Å². The first-order valence-corrected chi connectivity index (χ1v) is 14.9. The third-order valence-corrected chi connectivity index (χ3v) is 8.19. The smallest absolute Gasteiger partial charge is 0.193 e. The van der Waals surface area contributed by atoms with Crippen molar-refractivity contribution >= 4 is 5.78 Å². The Balaban J connectivity index is 1.31. The highest BCUT2D eigenvalue weighted by Crippen LogP contribution is 2.45. The fourth-order valence-corrected chi connectivity index (χ4v) is 5.86. The monoisotopic (exact) mass is 574 g/mol. The molecule has 0 unspecified atom stereocenters. The van der Waals surface area contributed by atoms with E-state index in [0.717, 1.165) is 22.3 Å². The highest BCUT2D eigenvalue weighted by Gasteiger charge is 2.38. The molecule has 6 aromatic rings. The zero-order valence-corrected chi connectivity index (χ0v) is 24.9. The first-order valence-electron chi connectivity index (χ1n) is 14.9. The molecule has 0 saturated heterocycles. The molecule has 1 N–H and O–H groups in total. The lowest BCUT2D eigenvalue weighted by molar-refractivity contribution is 0.103. The van der Waals surface area contributed by atoms with Gasteiger partial charge in [-0.05, 0) is 82.3 Å². The molecule has 0 aromatic heterocycles. The largest absolute Gasteiger partial charge is 0.508 e. The molecule has 44 heavy (non-hydrogen) atoms. The summed E-state index contributed by atoms with van der Waals surface area (Å²) in [6.45, 7) is 4.28. The predicted molar refractivity (Wildman–Crippen MR) is 177 cm³/mol. The number of hydrogen-bond donors (Lipinski definition) is 1. The van der Waals surface area contributed by atoms with Crippen molar-refractivity contribution in [2.75, 3.05) is 0 Å². The zero-order valence-electron chi connectivity index (χ0n) is 24.9.